The third-order valence-electron chi connectivity index (χ3n) is 3.61. The van der Waals surface area contributed by atoms with Crippen LogP contribution in [0.3, 0.4) is 0 Å². The summed E-state index contributed by atoms with van der Waals surface area (Å²) in [6.45, 7) is 3.57. The van der Waals surface area contributed by atoms with Crippen molar-refractivity contribution < 1.29 is 18.0 Å². The first-order valence-corrected chi connectivity index (χ1v) is 10.2. The van der Waals surface area contributed by atoms with Crippen molar-refractivity contribution in [2.45, 2.75) is 18.7 Å². The van der Waals surface area contributed by atoms with Crippen LogP contribution in [0.25, 0.3) is 0 Å². The van der Waals surface area contributed by atoms with Crippen molar-refractivity contribution in [1.82, 2.24) is 5.32 Å². The first-order valence-electron chi connectivity index (χ1n) is 8.22. The maximum absolute atomic E-state index is 12.3. The van der Waals surface area contributed by atoms with Crippen molar-refractivity contribution in [1.29, 1.82) is 0 Å². The molecule has 5 N–H and O–H groups in total. The quantitative estimate of drug-likeness (QED) is 0.548. The van der Waals surface area contributed by atoms with Crippen LogP contribution in [0.4, 0.5) is 11.4 Å². The van der Waals surface area contributed by atoms with Gasteiger partial charge in [-0.1, -0.05) is 13.8 Å². The second-order valence-electron chi connectivity index (χ2n) is 6.20. The Balaban J connectivity index is 1.95. The maximum Gasteiger partial charge on any atom is 0.257 e. The largest absolute Gasteiger partial charge is 0.332 e. The van der Waals surface area contributed by atoms with Gasteiger partial charge in [-0.05, 0) is 60.7 Å². The van der Waals surface area contributed by atoms with Crippen LogP contribution in [0.2, 0.25) is 0 Å². The molecule has 2 aromatic carbocycles. The van der Waals surface area contributed by atoms with E-state index in [0.717, 1.165) is 0 Å². The van der Waals surface area contributed by atoms with Gasteiger partial charge in [-0.3, -0.25) is 14.9 Å². The highest BCUT2D eigenvalue weighted by atomic mass is 32.2. The first kappa shape index (κ1) is 21.5. The zero-order chi connectivity index (χ0) is 20.9. The number of anilines is 2. The summed E-state index contributed by atoms with van der Waals surface area (Å²) in [5, 5.41) is 13.1. The van der Waals surface area contributed by atoms with Gasteiger partial charge in [0.25, 0.3) is 5.91 Å². The molecule has 0 fully saturated rings. The fraction of sp³-hybridized carbons (Fsp3) is 0.167. The van der Waals surface area contributed by atoms with E-state index in [2.05, 4.69) is 16.0 Å². The van der Waals surface area contributed by atoms with Crippen molar-refractivity contribution in [2.75, 3.05) is 10.6 Å². The van der Waals surface area contributed by atoms with Crippen molar-refractivity contribution in [2.24, 2.45) is 11.1 Å². The van der Waals surface area contributed by atoms with E-state index in [1.165, 1.54) is 24.3 Å². The number of carbonyl (C=O) groups excluding carboxylic acids is 2. The van der Waals surface area contributed by atoms with E-state index in [1.807, 2.05) is 0 Å². The highest BCUT2D eigenvalue weighted by Crippen LogP contribution is 2.13. The lowest BCUT2D eigenvalue weighted by Crippen LogP contribution is -2.34. The maximum atomic E-state index is 12.3. The van der Waals surface area contributed by atoms with Crippen LogP contribution in [0.15, 0.2) is 53.4 Å². The average Bonchev–Trinajstić information content (AvgIpc) is 2.61. The lowest BCUT2D eigenvalue weighted by atomic mass is 10.1. The van der Waals surface area contributed by atoms with Gasteiger partial charge in [0.1, 0.15) is 0 Å². The van der Waals surface area contributed by atoms with Gasteiger partial charge in [0.05, 0.1) is 4.90 Å². The summed E-state index contributed by atoms with van der Waals surface area (Å²) in [5.41, 5.74) is 1.44. The van der Waals surface area contributed by atoms with Crippen LogP contribution in [-0.4, -0.2) is 25.3 Å². The average molecular weight is 421 g/mol. The van der Waals surface area contributed by atoms with Crippen molar-refractivity contribution in [3.8, 4) is 0 Å². The van der Waals surface area contributed by atoms with E-state index in [0.29, 0.717) is 16.9 Å². The molecule has 0 radical (unpaired) electrons. The number of carbonyl (C=O) groups is 2. The van der Waals surface area contributed by atoms with E-state index in [4.69, 9.17) is 17.4 Å². The Kier molecular flexibility index (Phi) is 6.84. The molecule has 2 amide bonds. The van der Waals surface area contributed by atoms with Gasteiger partial charge in [-0.2, -0.15) is 0 Å². The minimum absolute atomic E-state index is 0.0300. The standard InChI is InChI=1S/C18H20N4O4S2/c1-11(2)16(23)20-13-5-3-12(4-6-13)17(24)22-18(27)21-14-7-9-15(10-8-14)28(19,25)26/h3-11H,1-2H3,(H,20,23)(H2,19,25,26)(H2,21,22,24,27). The molecule has 0 saturated carbocycles. The van der Waals surface area contributed by atoms with Gasteiger partial charge in [0, 0.05) is 22.9 Å². The smallest absolute Gasteiger partial charge is 0.257 e. The van der Waals surface area contributed by atoms with Crippen LogP contribution < -0.4 is 21.1 Å². The predicted octanol–water partition coefficient (Wildman–Crippen LogP) is 2.06. The van der Waals surface area contributed by atoms with E-state index in [9.17, 15) is 18.0 Å². The van der Waals surface area contributed by atoms with Crippen molar-refractivity contribution in [3.63, 3.8) is 0 Å². The van der Waals surface area contributed by atoms with Crippen LogP contribution in [0, 0.1) is 5.92 Å². The van der Waals surface area contributed by atoms with Crippen LogP contribution in [0.1, 0.15) is 24.2 Å². The Morgan fingerprint density at radius 2 is 1.43 bits per heavy atom. The molecule has 8 nitrogen and oxygen atoms in total. The summed E-state index contributed by atoms with van der Waals surface area (Å²) < 4.78 is 22.5. The van der Waals surface area contributed by atoms with Crippen LogP contribution in [0.5, 0.6) is 0 Å². The van der Waals surface area contributed by atoms with Gasteiger partial charge in [-0.25, -0.2) is 13.6 Å². The molecular formula is C18H20N4O4S2. The minimum Gasteiger partial charge on any atom is -0.332 e. The zero-order valence-electron chi connectivity index (χ0n) is 15.2. The fourth-order valence-corrected chi connectivity index (χ4v) is 2.78. The molecular weight excluding hydrogens is 400 g/mol. The third-order valence-corrected chi connectivity index (χ3v) is 4.74. The van der Waals surface area contributed by atoms with E-state index < -0.39 is 15.9 Å². The highest BCUT2D eigenvalue weighted by Gasteiger charge is 2.11. The zero-order valence-corrected chi connectivity index (χ0v) is 16.9. The number of thiocarbonyl (C=S) groups is 1. The molecule has 28 heavy (non-hydrogen) atoms. The highest BCUT2D eigenvalue weighted by molar-refractivity contribution is 7.89. The molecule has 0 saturated heterocycles. The molecule has 2 rings (SSSR count). The molecule has 0 aliphatic rings. The number of hydrogen-bond donors (Lipinski definition) is 4. The molecule has 0 spiro atoms. The van der Waals surface area contributed by atoms with Gasteiger partial charge in [0.2, 0.25) is 15.9 Å². The van der Waals surface area contributed by atoms with E-state index in [1.54, 1.807) is 38.1 Å². The molecule has 10 heteroatoms. The summed E-state index contributed by atoms with van der Waals surface area (Å²) >= 11 is 5.09. The number of rotatable bonds is 5. The third kappa shape index (κ3) is 6.12. The summed E-state index contributed by atoms with van der Waals surface area (Å²) in [4.78, 5) is 23.9. The van der Waals surface area contributed by atoms with Gasteiger partial charge < -0.3 is 10.6 Å². The lowest BCUT2D eigenvalue weighted by Gasteiger charge is -2.11. The SMILES string of the molecule is CC(C)C(=O)Nc1ccc(C(=O)NC(=S)Nc2ccc(S(N)(=O)=O)cc2)cc1. The molecule has 0 unspecified atom stereocenters. The summed E-state index contributed by atoms with van der Waals surface area (Å²) in [5.74, 6) is -0.693. The molecule has 0 aliphatic heterocycles. The molecule has 0 aliphatic carbocycles. The normalized spacial score (nSPS) is 11.0. The Labute approximate surface area is 168 Å². The van der Waals surface area contributed by atoms with E-state index in [-0.39, 0.29) is 21.8 Å². The number of nitrogens with two attached hydrogens (primary N) is 1. The summed E-state index contributed by atoms with van der Waals surface area (Å²) in [7, 11) is -3.78. The molecule has 148 valence electrons. The summed E-state index contributed by atoms with van der Waals surface area (Å²) in [6.07, 6.45) is 0. The summed E-state index contributed by atoms with van der Waals surface area (Å²) in [6, 6.07) is 12.0. The van der Waals surface area contributed by atoms with Crippen molar-refractivity contribution in [3.05, 3.63) is 54.1 Å². The Hall–Kier alpha value is -2.82. The number of sulfonamides is 1. The van der Waals surface area contributed by atoms with Crippen LogP contribution in [-0.2, 0) is 14.8 Å². The monoisotopic (exact) mass is 420 g/mol. The molecule has 0 heterocycles. The number of primary sulfonamides is 1. The lowest BCUT2D eigenvalue weighted by molar-refractivity contribution is -0.118. The molecule has 0 aromatic heterocycles. The Bertz CT molecular complexity index is 985. The topological polar surface area (TPSA) is 130 Å². The Morgan fingerprint density at radius 1 is 0.929 bits per heavy atom. The second kappa shape index (κ2) is 8.91. The predicted molar refractivity (Wildman–Crippen MR) is 111 cm³/mol. The number of benzene rings is 2. The van der Waals surface area contributed by atoms with E-state index >= 15 is 0 Å². The van der Waals surface area contributed by atoms with Gasteiger partial charge >= 0.3 is 0 Å². The minimum atomic E-state index is -3.78. The Morgan fingerprint density at radius 3 is 1.93 bits per heavy atom. The molecule has 0 bridgehead atoms. The van der Waals surface area contributed by atoms with Crippen LogP contribution >= 0.6 is 12.2 Å². The van der Waals surface area contributed by atoms with Gasteiger partial charge in [-0.15, -0.1) is 0 Å². The fourth-order valence-electron chi connectivity index (χ4n) is 2.06. The van der Waals surface area contributed by atoms with Gasteiger partial charge in [0.15, 0.2) is 5.11 Å². The molecule has 2 aromatic rings. The van der Waals surface area contributed by atoms with Crippen molar-refractivity contribution >= 4 is 50.5 Å². The molecule has 0 atom stereocenters. The number of nitrogens with one attached hydrogen (secondary N) is 3. The number of hydrogen-bond acceptors (Lipinski definition) is 5. The first-order chi connectivity index (χ1) is 13.1. The second-order valence-corrected chi connectivity index (χ2v) is 8.17. The number of amides is 2.